The number of piperazine rings is 1. The van der Waals surface area contributed by atoms with E-state index in [1.165, 1.54) is 12.4 Å². The van der Waals surface area contributed by atoms with Crippen molar-refractivity contribution in [1.29, 1.82) is 0 Å². The van der Waals surface area contributed by atoms with Gasteiger partial charge in [0.1, 0.15) is 18.3 Å². The van der Waals surface area contributed by atoms with E-state index < -0.39 is 42.6 Å². The van der Waals surface area contributed by atoms with Gasteiger partial charge < -0.3 is 45.2 Å². The number of hydrogen-bond donors (Lipinski definition) is 6. The van der Waals surface area contributed by atoms with Crippen molar-refractivity contribution < 1.29 is 49.4 Å². The Hall–Kier alpha value is -3.11. The van der Waals surface area contributed by atoms with Gasteiger partial charge in [-0.25, -0.2) is 14.8 Å². The van der Waals surface area contributed by atoms with Gasteiger partial charge in [0.25, 0.3) is 0 Å². The van der Waals surface area contributed by atoms with E-state index in [4.69, 9.17) is 19.7 Å². The fourth-order valence-electron chi connectivity index (χ4n) is 4.99. The van der Waals surface area contributed by atoms with E-state index >= 15 is 0 Å². The predicted molar refractivity (Wildman–Crippen MR) is 127 cm³/mol. The number of carbonyl (C=O) groups excluding carboxylic acids is 1. The topological polar surface area (TPSA) is 215 Å². The number of aliphatic hydroxyl groups is 3. The summed E-state index contributed by atoms with van der Waals surface area (Å²) in [5.41, 5.74) is 0. The molecule has 1 amide bonds. The number of carboxylic acid groups (broad SMARTS) is 2. The number of carboxylic acids is 2. The lowest BCUT2D eigenvalue weighted by Gasteiger charge is -2.46. The van der Waals surface area contributed by atoms with Crippen LogP contribution in [0.15, 0.2) is 12.4 Å². The zero-order chi connectivity index (χ0) is 27.4. The zero-order valence-electron chi connectivity index (χ0n) is 20.6. The Morgan fingerprint density at radius 1 is 1.00 bits per heavy atom. The number of hydrogen-bond acceptors (Lipinski definition) is 12. The van der Waals surface area contributed by atoms with Crippen molar-refractivity contribution in [2.45, 2.75) is 62.4 Å². The molecule has 0 aromatic carbocycles. The SMILES string of the molecule is O=C(O)CCC(=O)NC[C@H]1CC[C@H]2CN(c3ncc(O[C@@H]4O[C@H](C(=O)O)[C@@H](O)[C@H](O)[C@H]4O)cn3)CCN2C1. The molecule has 3 fully saturated rings. The average molecular weight is 540 g/mol. The van der Waals surface area contributed by atoms with E-state index in [0.29, 0.717) is 37.5 Å². The lowest BCUT2D eigenvalue weighted by atomic mass is 9.91. The summed E-state index contributed by atoms with van der Waals surface area (Å²) in [5, 5.41) is 50.5. The van der Waals surface area contributed by atoms with Gasteiger partial charge in [-0.2, -0.15) is 0 Å². The average Bonchev–Trinajstić information content (AvgIpc) is 2.90. The maximum absolute atomic E-state index is 11.8. The van der Waals surface area contributed by atoms with E-state index in [1.807, 2.05) is 4.90 Å². The number of anilines is 1. The molecule has 3 aliphatic heterocycles. The number of nitrogens with one attached hydrogen (secondary N) is 1. The third-order valence-electron chi connectivity index (χ3n) is 7.12. The van der Waals surface area contributed by atoms with Crippen LogP contribution in [0, 0.1) is 5.92 Å². The number of rotatable bonds is 9. The highest BCUT2D eigenvalue weighted by atomic mass is 16.7. The van der Waals surface area contributed by atoms with Crippen molar-refractivity contribution in [3.05, 3.63) is 12.4 Å². The van der Waals surface area contributed by atoms with Crippen molar-refractivity contribution in [3.8, 4) is 5.75 Å². The van der Waals surface area contributed by atoms with Gasteiger partial charge in [-0.15, -0.1) is 0 Å². The zero-order valence-corrected chi connectivity index (χ0v) is 20.6. The maximum Gasteiger partial charge on any atom is 0.335 e. The van der Waals surface area contributed by atoms with Gasteiger partial charge in [-0.3, -0.25) is 14.5 Å². The summed E-state index contributed by atoms with van der Waals surface area (Å²) >= 11 is 0. The Labute approximate surface area is 218 Å². The monoisotopic (exact) mass is 539 g/mol. The number of piperidine rings is 1. The molecule has 4 heterocycles. The molecule has 0 unspecified atom stereocenters. The molecule has 15 heteroatoms. The Morgan fingerprint density at radius 3 is 2.42 bits per heavy atom. The first-order valence-corrected chi connectivity index (χ1v) is 12.5. The molecule has 1 aromatic rings. The molecule has 0 spiro atoms. The molecule has 0 radical (unpaired) electrons. The molecule has 4 rings (SSSR count). The number of aromatic nitrogens is 2. The molecule has 3 saturated heterocycles. The minimum atomic E-state index is -1.81. The molecule has 6 N–H and O–H groups in total. The third-order valence-corrected chi connectivity index (χ3v) is 7.12. The second-order valence-corrected chi connectivity index (χ2v) is 9.81. The summed E-state index contributed by atoms with van der Waals surface area (Å²) < 4.78 is 10.6. The number of nitrogens with zero attached hydrogens (tertiary/aromatic N) is 4. The van der Waals surface area contributed by atoms with E-state index in [0.717, 1.165) is 25.9 Å². The van der Waals surface area contributed by atoms with Crippen LogP contribution in [0.3, 0.4) is 0 Å². The molecule has 0 aliphatic carbocycles. The molecule has 1 aromatic heterocycles. The van der Waals surface area contributed by atoms with E-state index in [-0.39, 0.29) is 24.5 Å². The number of carbonyl (C=O) groups is 3. The minimum absolute atomic E-state index is 0.0185. The molecule has 0 saturated carbocycles. The summed E-state index contributed by atoms with van der Waals surface area (Å²) in [5.74, 6) is -1.86. The van der Waals surface area contributed by atoms with Gasteiger partial charge in [-0.1, -0.05) is 0 Å². The quantitative estimate of drug-likeness (QED) is 0.193. The van der Waals surface area contributed by atoms with Crippen molar-refractivity contribution in [2.24, 2.45) is 5.92 Å². The normalized spacial score (nSPS) is 31.8. The minimum Gasteiger partial charge on any atom is -0.481 e. The van der Waals surface area contributed by atoms with Crippen LogP contribution in [0.1, 0.15) is 25.7 Å². The van der Waals surface area contributed by atoms with Gasteiger partial charge in [0.15, 0.2) is 11.9 Å². The van der Waals surface area contributed by atoms with Crippen LogP contribution < -0.4 is 15.0 Å². The standard InChI is InChI=1S/C23H33N5O10/c29-15(3-4-16(30)31)24-7-12-1-2-13-11-28(6-5-27(13)10-12)23-25-8-14(9-26-23)37-22-19(34)17(32)18(33)20(38-22)21(35)36/h8-9,12-13,17-20,22,32-34H,1-7,10-11H2,(H,24,29)(H,30,31)(H,35,36)/t12-,13+,17+,18+,19-,20+,22-/m1/s1. The van der Waals surface area contributed by atoms with Crippen molar-refractivity contribution in [3.63, 3.8) is 0 Å². The van der Waals surface area contributed by atoms with Crippen molar-refractivity contribution in [1.82, 2.24) is 20.2 Å². The summed E-state index contributed by atoms with van der Waals surface area (Å²) in [7, 11) is 0. The molecule has 7 atom stereocenters. The Kier molecular flexibility index (Phi) is 8.94. The van der Waals surface area contributed by atoms with Crippen LogP contribution in [0.25, 0.3) is 0 Å². The lowest BCUT2D eigenvalue weighted by Crippen LogP contribution is -2.61. The maximum atomic E-state index is 11.8. The highest BCUT2D eigenvalue weighted by Gasteiger charge is 2.48. The summed E-state index contributed by atoms with van der Waals surface area (Å²) in [6.07, 6.45) is -4.16. The fraction of sp³-hybridized carbons (Fsp3) is 0.696. The van der Waals surface area contributed by atoms with Gasteiger partial charge in [0, 0.05) is 45.2 Å². The first-order chi connectivity index (χ1) is 18.1. The number of aliphatic hydroxyl groups excluding tert-OH is 3. The van der Waals surface area contributed by atoms with Crippen LogP contribution in [0.5, 0.6) is 5.75 Å². The number of aliphatic carboxylic acids is 2. The largest absolute Gasteiger partial charge is 0.481 e. The first-order valence-electron chi connectivity index (χ1n) is 12.5. The van der Waals surface area contributed by atoms with Gasteiger partial charge in [-0.05, 0) is 18.8 Å². The van der Waals surface area contributed by atoms with E-state index in [9.17, 15) is 29.7 Å². The summed E-state index contributed by atoms with van der Waals surface area (Å²) in [6.45, 7) is 3.55. The second kappa shape index (κ2) is 12.2. The molecular weight excluding hydrogens is 506 g/mol. The van der Waals surface area contributed by atoms with Crippen LogP contribution in [-0.4, -0.2) is 128 Å². The Bertz CT molecular complexity index is 997. The highest BCUT2D eigenvalue weighted by Crippen LogP contribution is 2.28. The number of ether oxygens (including phenoxy) is 2. The molecule has 38 heavy (non-hydrogen) atoms. The lowest BCUT2D eigenvalue weighted by molar-refractivity contribution is -0.271. The first kappa shape index (κ1) is 27.9. The summed E-state index contributed by atoms with van der Waals surface area (Å²) in [6, 6.07) is 0.300. The third kappa shape index (κ3) is 6.66. The van der Waals surface area contributed by atoms with E-state index in [2.05, 4.69) is 20.2 Å². The van der Waals surface area contributed by atoms with E-state index in [1.54, 1.807) is 0 Å². The van der Waals surface area contributed by atoms with Gasteiger partial charge in [0.05, 0.1) is 18.8 Å². The molecule has 210 valence electrons. The molecule has 0 bridgehead atoms. The van der Waals surface area contributed by atoms with Gasteiger partial charge in [0.2, 0.25) is 18.1 Å². The van der Waals surface area contributed by atoms with Crippen LogP contribution >= 0.6 is 0 Å². The second-order valence-electron chi connectivity index (χ2n) is 9.81. The van der Waals surface area contributed by atoms with Gasteiger partial charge >= 0.3 is 11.9 Å². The van der Waals surface area contributed by atoms with Crippen molar-refractivity contribution >= 4 is 23.8 Å². The fourth-order valence-corrected chi connectivity index (χ4v) is 4.99. The number of amides is 1. The summed E-state index contributed by atoms with van der Waals surface area (Å²) in [4.78, 5) is 46.8. The Balaban J connectivity index is 1.26. The highest BCUT2D eigenvalue weighted by molar-refractivity contribution is 5.80. The Morgan fingerprint density at radius 2 is 1.74 bits per heavy atom. The predicted octanol–water partition coefficient (Wildman–Crippen LogP) is -2.37. The molecule has 3 aliphatic rings. The van der Waals surface area contributed by atoms with Crippen LogP contribution in [0.2, 0.25) is 0 Å². The van der Waals surface area contributed by atoms with Crippen LogP contribution in [0.4, 0.5) is 5.95 Å². The van der Waals surface area contributed by atoms with Crippen molar-refractivity contribution in [2.75, 3.05) is 37.6 Å². The smallest absolute Gasteiger partial charge is 0.335 e. The molecular formula is C23H33N5O10. The number of fused-ring (bicyclic) bond motifs is 1. The molecule has 15 nitrogen and oxygen atoms in total. The van der Waals surface area contributed by atoms with Crippen LogP contribution in [-0.2, 0) is 19.1 Å².